The van der Waals surface area contributed by atoms with E-state index in [1.807, 2.05) is 0 Å². The Hall–Kier alpha value is -0.810. The van der Waals surface area contributed by atoms with Gasteiger partial charge in [-0.2, -0.15) is 0 Å². The van der Waals surface area contributed by atoms with Crippen LogP contribution in [0.4, 0.5) is 4.79 Å². The van der Waals surface area contributed by atoms with Gasteiger partial charge in [0.15, 0.2) is 0 Å². The van der Waals surface area contributed by atoms with Crippen molar-refractivity contribution in [3.63, 3.8) is 0 Å². The summed E-state index contributed by atoms with van der Waals surface area (Å²) in [6.45, 7) is 2.32. The molecule has 0 aromatic rings. The molecule has 1 aliphatic heterocycles. The van der Waals surface area contributed by atoms with Crippen molar-refractivity contribution in [3.05, 3.63) is 0 Å². The molecule has 1 amide bonds. The molecule has 5 nitrogen and oxygen atoms in total. The van der Waals surface area contributed by atoms with E-state index in [-0.39, 0.29) is 13.1 Å². The highest BCUT2D eigenvalue weighted by molar-refractivity contribution is 5.68. The fraction of sp³-hybridized carbons (Fsp3) is 0.857. The third-order valence-electron chi connectivity index (χ3n) is 1.79. The summed E-state index contributed by atoms with van der Waals surface area (Å²) in [6, 6.07) is 0. The second-order valence-electron chi connectivity index (χ2n) is 2.74. The highest BCUT2D eigenvalue weighted by Gasteiger charge is 2.33. The standard InChI is InChI=1S/C7H13NO4/c1-2-12-7(11)8-3-5(9)6(10)4-8/h5-6,9-10H,2-4H2,1H3/t5-,6+. The Balaban J connectivity index is 2.40. The molecule has 0 aliphatic carbocycles. The Morgan fingerprint density at radius 3 is 2.42 bits per heavy atom. The number of rotatable bonds is 1. The summed E-state index contributed by atoms with van der Waals surface area (Å²) in [5, 5.41) is 18.2. The SMILES string of the molecule is CCOC(=O)N1C[C@@H](O)[C@@H](O)C1. The average molecular weight is 175 g/mol. The molecule has 2 atom stereocenters. The molecule has 1 rings (SSSR count). The first-order chi connectivity index (χ1) is 5.65. The number of amides is 1. The van der Waals surface area contributed by atoms with Crippen LogP contribution in [0, 0.1) is 0 Å². The first-order valence-corrected chi connectivity index (χ1v) is 3.93. The van der Waals surface area contributed by atoms with E-state index in [9.17, 15) is 4.79 Å². The number of carbonyl (C=O) groups is 1. The zero-order valence-electron chi connectivity index (χ0n) is 6.93. The van der Waals surface area contributed by atoms with Gasteiger partial charge in [0.05, 0.1) is 31.9 Å². The van der Waals surface area contributed by atoms with Gasteiger partial charge in [0.2, 0.25) is 0 Å². The normalized spacial score (nSPS) is 29.1. The predicted molar refractivity (Wildman–Crippen MR) is 40.6 cm³/mol. The van der Waals surface area contributed by atoms with Crippen LogP contribution in [0.2, 0.25) is 0 Å². The van der Waals surface area contributed by atoms with Crippen molar-refractivity contribution < 1.29 is 19.7 Å². The van der Waals surface area contributed by atoms with E-state index >= 15 is 0 Å². The number of carbonyl (C=O) groups excluding carboxylic acids is 1. The molecule has 0 radical (unpaired) electrons. The van der Waals surface area contributed by atoms with Crippen LogP contribution in [0.5, 0.6) is 0 Å². The first-order valence-electron chi connectivity index (χ1n) is 3.93. The van der Waals surface area contributed by atoms with Crippen molar-refractivity contribution in [3.8, 4) is 0 Å². The molecule has 5 heteroatoms. The van der Waals surface area contributed by atoms with E-state index in [4.69, 9.17) is 10.2 Å². The van der Waals surface area contributed by atoms with Gasteiger partial charge in [-0.25, -0.2) is 4.79 Å². The molecule has 1 heterocycles. The minimum atomic E-state index is -0.839. The third kappa shape index (κ3) is 1.86. The lowest BCUT2D eigenvalue weighted by atomic mass is 10.3. The van der Waals surface area contributed by atoms with Crippen molar-refractivity contribution in [2.75, 3.05) is 19.7 Å². The Labute approximate surface area is 70.5 Å². The second kappa shape index (κ2) is 3.73. The number of likely N-dealkylation sites (tertiary alicyclic amines) is 1. The van der Waals surface area contributed by atoms with E-state index in [0.29, 0.717) is 6.61 Å². The molecular weight excluding hydrogens is 162 g/mol. The van der Waals surface area contributed by atoms with Crippen molar-refractivity contribution in [2.24, 2.45) is 0 Å². The maximum Gasteiger partial charge on any atom is 0.409 e. The third-order valence-corrected chi connectivity index (χ3v) is 1.79. The van der Waals surface area contributed by atoms with Gasteiger partial charge in [-0.1, -0.05) is 0 Å². The quantitative estimate of drug-likeness (QED) is 0.546. The van der Waals surface area contributed by atoms with Crippen molar-refractivity contribution in [1.29, 1.82) is 0 Å². The number of aliphatic hydroxyl groups excluding tert-OH is 2. The van der Waals surface area contributed by atoms with Crippen LogP contribution in [0.1, 0.15) is 6.92 Å². The molecule has 12 heavy (non-hydrogen) atoms. The lowest BCUT2D eigenvalue weighted by Gasteiger charge is -2.13. The lowest BCUT2D eigenvalue weighted by molar-refractivity contribution is 0.0572. The van der Waals surface area contributed by atoms with Gasteiger partial charge < -0.3 is 19.8 Å². The molecule has 0 unspecified atom stereocenters. The van der Waals surface area contributed by atoms with Crippen LogP contribution in [0.15, 0.2) is 0 Å². The fourth-order valence-electron chi connectivity index (χ4n) is 1.13. The first kappa shape index (κ1) is 9.28. The van der Waals surface area contributed by atoms with E-state index in [2.05, 4.69) is 4.74 Å². The molecular formula is C7H13NO4. The van der Waals surface area contributed by atoms with Crippen molar-refractivity contribution in [2.45, 2.75) is 19.1 Å². The molecule has 1 fully saturated rings. The summed E-state index contributed by atoms with van der Waals surface area (Å²) in [7, 11) is 0. The zero-order valence-corrected chi connectivity index (χ0v) is 6.93. The fourth-order valence-corrected chi connectivity index (χ4v) is 1.13. The lowest BCUT2D eigenvalue weighted by Crippen LogP contribution is -2.30. The molecule has 2 N–H and O–H groups in total. The smallest absolute Gasteiger partial charge is 0.409 e. The Morgan fingerprint density at radius 2 is 2.00 bits per heavy atom. The Kier molecular flexibility index (Phi) is 2.88. The van der Waals surface area contributed by atoms with Crippen molar-refractivity contribution in [1.82, 2.24) is 4.90 Å². The van der Waals surface area contributed by atoms with Gasteiger partial charge >= 0.3 is 6.09 Å². The van der Waals surface area contributed by atoms with Gasteiger partial charge in [-0.3, -0.25) is 0 Å². The second-order valence-corrected chi connectivity index (χ2v) is 2.74. The van der Waals surface area contributed by atoms with Crippen LogP contribution in [-0.2, 0) is 4.74 Å². The molecule has 0 saturated carbocycles. The average Bonchev–Trinajstić information content (AvgIpc) is 2.33. The highest BCUT2D eigenvalue weighted by atomic mass is 16.6. The number of β-amino-alcohol motifs (C(OH)–C–C–N with tert-alkyl or cyclic N) is 2. The number of ether oxygens (including phenoxy) is 1. The largest absolute Gasteiger partial charge is 0.450 e. The summed E-state index contributed by atoms with van der Waals surface area (Å²) in [6.07, 6.45) is -2.16. The van der Waals surface area contributed by atoms with Crippen LogP contribution in [0.25, 0.3) is 0 Å². The van der Waals surface area contributed by atoms with Crippen LogP contribution >= 0.6 is 0 Å². The van der Waals surface area contributed by atoms with E-state index < -0.39 is 18.3 Å². The van der Waals surface area contributed by atoms with Crippen LogP contribution in [0.3, 0.4) is 0 Å². The predicted octanol–water partition coefficient (Wildman–Crippen LogP) is -0.820. The highest BCUT2D eigenvalue weighted by Crippen LogP contribution is 2.10. The molecule has 0 bridgehead atoms. The molecule has 70 valence electrons. The number of hydrogen-bond donors (Lipinski definition) is 2. The van der Waals surface area contributed by atoms with Crippen LogP contribution in [-0.4, -0.2) is 53.1 Å². The molecule has 1 saturated heterocycles. The summed E-state index contributed by atoms with van der Waals surface area (Å²) >= 11 is 0. The van der Waals surface area contributed by atoms with Crippen LogP contribution < -0.4 is 0 Å². The van der Waals surface area contributed by atoms with Crippen molar-refractivity contribution >= 4 is 6.09 Å². The van der Waals surface area contributed by atoms with E-state index in [0.717, 1.165) is 0 Å². The monoisotopic (exact) mass is 175 g/mol. The topological polar surface area (TPSA) is 70.0 Å². The number of aliphatic hydroxyl groups is 2. The molecule has 0 spiro atoms. The summed E-state index contributed by atoms with van der Waals surface area (Å²) in [4.78, 5) is 12.3. The van der Waals surface area contributed by atoms with Gasteiger partial charge in [0.1, 0.15) is 0 Å². The molecule has 1 aliphatic rings. The van der Waals surface area contributed by atoms with E-state index in [1.54, 1.807) is 6.92 Å². The Morgan fingerprint density at radius 1 is 1.50 bits per heavy atom. The summed E-state index contributed by atoms with van der Waals surface area (Å²) < 4.78 is 4.69. The summed E-state index contributed by atoms with van der Waals surface area (Å²) in [5.41, 5.74) is 0. The maximum atomic E-state index is 11.0. The number of hydrogen-bond acceptors (Lipinski definition) is 4. The zero-order chi connectivity index (χ0) is 9.14. The minimum Gasteiger partial charge on any atom is -0.450 e. The van der Waals surface area contributed by atoms with Gasteiger partial charge in [0, 0.05) is 0 Å². The minimum absolute atomic E-state index is 0.153. The van der Waals surface area contributed by atoms with Gasteiger partial charge in [-0.15, -0.1) is 0 Å². The molecule has 0 aromatic heterocycles. The van der Waals surface area contributed by atoms with E-state index in [1.165, 1.54) is 4.90 Å². The van der Waals surface area contributed by atoms with Gasteiger partial charge in [-0.05, 0) is 6.92 Å². The molecule has 0 aromatic carbocycles. The number of nitrogens with zero attached hydrogens (tertiary/aromatic N) is 1. The van der Waals surface area contributed by atoms with Gasteiger partial charge in [0.25, 0.3) is 0 Å². The maximum absolute atomic E-state index is 11.0. The summed E-state index contributed by atoms with van der Waals surface area (Å²) in [5.74, 6) is 0. The Bertz CT molecular complexity index is 163.